The van der Waals surface area contributed by atoms with Crippen LogP contribution < -0.4 is 10.6 Å². The number of carbonyl (C=O) groups excluding carboxylic acids is 2. The van der Waals surface area contributed by atoms with E-state index in [1.807, 2.05) is 0 Å². The minimum Gasteiger partial charge on any atom is -0.345 e. The van der Waals surface area contributed by atoms with Gasteiger partial charge in [-0.05, 0) is 36.4 Å². The summed E-state index contributed by atoms with van der Waals surface area (Å²) in [5, 5.41) is 4.54. The molecule has 28 heavy (non-hydrogen) atoms. The van der Waals surface area contributed by atoms with Crippen molar-refractivity contribution in [2.45, 2.75) is 6.18 Å². The summed E-state index contributed by atoms with van der Waals surface area (Å²) >= 11 is 0. The highest BCUT2D eigenvalue weighted by molar-refractivity contribution is 5.94. The lowest BCUT2D eigenvalue weighted by atomic mass is 10.1. The number of urea groups is 1. The van der Waals surface area contributed by atoms with Crippen molar-refractivity contribution in [2.24, 2.45) is 0 Å². The van der Waals surface area contributed by atoms with Gasteiger partial charge in [0.15, 0.2) is 0 Å². The third kappa shape index (κ3) is 5.77. The zero-order valence-corrected chi connectivity index (χ0v) is 15.2. The molecule has 0 aromatic heterocycles. The Morgan fingerprint density at radius 3 is 2.29 bits per heavy atom. The van der Waals surface area contributed by atoms with Crippen LogP contribution in [0, 0.1) is 11.8 Å². The summed E-state index contributed by atoms with van der Waals surface area (Å²) in [4.78, 5) is 25.0. The number of halogens is 3. The number of carbonyl (C=O) groups is 2. The quantitative estimate of drug-likeness (QED) is 0.789. The summed E-state index contributed by atoms with van der Waals surface area (Å²) in [6.45, 7) is -0.0571. The topological polar surface area (TPSA) is 61.4 Å². The number of nitrogens with zero attached hydrogens (tertiary/aromatic N) is 1. The van der Waals surface area contributed by atoms with E-state index in [9.17, 15) is 22.8 Å². The molecule has 5 nitrogen and oxygen atoms in total. The maximum absolute atomic E-state index is 12.9. The summed E-state index contributed by atoms with van der Waals surface area (Å²) in [6, 6.07) is 10.5. The van der Waals surface area contributed by atoms with Crippen LogP contribution in [0.4, 0.5) is 23.7 Å². The third-order valence-corrected chi connectivity index (χ3v) is 3.59. The standard InChI is InChI=1S/C20H18F3N3O2/c1-26(2)18(27)15-11-9-14(10-12-15)6-5-13-24-19(28)25-17-8-4-3-7-16(17)20(21,22)23/h3-4,7-12H,13H2,1-2H3,(H2,24,25,28). The van der Waals surface area contributed by atoms with Crippen LogP contribution in [0.5, 0.6) is 0 Å². The van der Waals surface area contributed by atoms with Gasteiger partial charge >= 0.3 is 12.2 Å². The summed E-state index contributed by atoms with van der Waals surface area (Å²) in [7, 11) is 3.31. The van der Waals surface area contributed by atoms with E-state index in [0.29, 0.717) is 11.1 Å². The van der Waals surface area contributed by atoms with Crippen molar-refractivity contribution < 1.29 is 22.8 Å². The SMILES string of the molecule is CN(C)C(=O)c1ccc(C#CCNC(=O)Nc2ccccc2C(F)(F)F)cc1. The molecule has 0 aliphatic carbocycles. The molecule has 0 saturated carbocycles. The summed E-state index contributed by atoms with van der Waals surface area (Å²) in [5.74, 6) is 5.36. The van der Waals surface area contributed by atoms with E-state index >= 15 is 0 Å². The fourth-order valence-corrected chi connectivity index (χ4v) is 2.23. The Hall–Kier alpha value is -3.47. The van der Waals surface area contributed by atoms with Gasteiger partial charge in [0, 0.05) is 25.2 Å². The molecule has 0 atom stereocenters. The van der Waals surface area contributed by atoms with Gasteiger partial charge in [-0.3, -0.25) is 4.79 Å². The van der Waals surface area contributed by atoms with Gasteiger partial charge in [-0.2, -0.15) is 13.2 Å². The molecule has 0 aliphatic rings. The van der Waals surface area contributed by atoms with Crippen LogP contribution in [-0.4, -0.2) is 37.5 Å². The van der Waals surface area contributed by atoms with Crippen molar-refractivity contribution in [3.05, 3.63) is 65.2 Å². The van der Waals surface area contributed by atoms with E-state index in [2.05, 4.69) is 22.5 Å². The van der Waals surface area contributed by atoms with Crippen molar-refractivity contribution in [3.8, 4) is 11.8 Å². The first-order chi connectivity index (χ1) is 13.2. The number of anilines is 1. The molecular formula is C20H18F3N3O2. The largest absolute Gasteiger partial charge is 0.418 e. The molecule has 146 valence electrons. The molecule has 3 amide bonds. The highest BCUT2D eigenvalue weighted by Gasteiger charge is 2.33. The summed E-state index contributed by atoms with van der Waals surface area (Å²) in [6.07, 6.45) is -4.57. The van der Waals surface area contributed by atoms with Gasteiger partial charge in [0.2, 0.25) is 0 Å². The second-order valence-corrected chi connectivity index (χ2v) is 5.93. The molecule has 2 rings (SSSR count). The molecule has 0 radical (unpaired) electrons. The average molecular weight is 389 g/mol. The number of hydrogen-bond acceptors (Lipinski definition) is 2. The first-order valence-electron chi connectivity index (χ1n) is 8.20. The van der Waals surface area contributed by atoms with Gasteiger partial charge in [0.1, 0.15) is 0 Å². The van der Waals surface area contributed by atoms with E-state index in [-0.39, 0.29) is 18.1 Å². The van der Waals surface area contributed by atoms with Crippen LogP contribution in [-0.2, 0) is 6.18 Å². The van der Waals surface area contributed by atoms with Gasteiger partial charge in [0.25, 0.3) is 5.91 Å². The molecule has 0 fully saturated rings. The van der Waals surface area contributed by atoms with Crippen LogP contribution in [0.15, 0.2) is 48.5 Å². The molecule has 0 saturated heterocycles. The molecule has 0 spiro atoms. The lowest BCUT2D eigenvalue weighted by molar-refractivity contribution is -0.136. The third-order valence-electron chi connectivity index (χ3n) is 3.59. The summed E-state index contributed by atoms with van der Waals surface area (Å²) in [5.41, 5.74) is -0.0958. The van der Waals surface area contributed by atoms with Gasteiger partial charge < -0.3 is 15.5 Å². The fraction of sp³-hybridized carbons (Fsp3) is 0.200. The number of nitrogens with one attached hydrogen (secondary N) is 2. The Balaban J connectivity index is 1.91. The Kier molecular flexibility index (Phi) is 6.66. The van der Waals surface area contributed by atoms with Crippen molar-refractivity contribution in [1.29, 1.82) is 0 Å². The Morgan fingerprint density at radius 2 is 1.68 bits per heavy atom. The van der Waals surface area contributed by atoms with Gasteiger partial charge in [-0.25, -0.2) is 4.79 Å². The molecular weight excluding hydrogens is 371 g/mol. The van der Waals surface area contributed by atoms with E-state index in [1.165, 1.54) is 23.1 Å². The molecule has 0 heterocycles. The molecule has 0 unspecified atom stereocenters. The highest BCUT2D eigenvalue weighted by atomic mass is 19.4. The van der Waals surface area contributed by atoms with Crippen molar-refractivity contribution in [1.82, 2.24) is 10.2 Å². The number of rotatable bonds is 3. The Bertz CT molecular complexity index is 911. The number of hydrogen-bond donors (Lipinski definition) is 2. The molecule has 0 bridgehead atoms. The Labute approximate surface area is 160 Å². The lowest BCUT2D eigenvalue weighted by Crippen LogP contribution is -2.29. The number of benzene rings is 2. The minimum absolute atomic E-state index is 0.0571. The molecule has 2 aromatic rings. The minimum atomic E-state index is -4.57. The monoisotopic (exact) mass is 389 g/mol. The molecule has 2 N–H and O–H groups in total. The number of alkyl halides is 3. The number of para-hydroxylation sites is 1. The van der Waals surface area contributed by atoms with Crippen molar-refractivity contribution >= 4 is 17.6 Å². The van der Waals surface area contributed by atoms with Crippen molar-refractivity contribution in [2.75, 3.05) is 26.0 Å². The smallest absolute Gasteiger partial charge is 0.345 e. The van der Waals surface area contributed by atoms with Gasteiger partial charge in [0.05, 0.1) is 17.8 Å². The van der Waals surface area contributed by atoms with E-state index in [4.69, 9.17) is 0 Å². The van der Waals surface area contributed by atoms with Crippen LogP contribution in [0.25, 0.3) is 0 Å². The lowest BCUT2D eigenvalue weighted by Gasteiger charge is -2.13. The second-order valence-electron chi connectivity index (χ2n) is 5.93. The number of amides is 3. The van der Waals surface area contributed by atoms with Gasteiger partial charge in [-0.15, -0.1) is 0 Å². The van der Waals surface area contributed by atoms with Crippen molar-refractivity contribution in [3.63, 3.8) is 0 Å². The first kappa shape index (κ1) is 20.8. The second kappa shape index (κ2) is 8.95. The maximum atomic E-state index is 12.9. The first-order valence-corrected chi connectivity index (χ1v) is 8.20. The van der Waals surface area contributed by atoms with E-state index in [1.54, 1.807) is 38.4 Å². The molecule has 2 aromatic carbocycles. The van der Waals surface area contributed by atoms with Gasteiger partial charge in [-0.1, -0.05) is 24.0 Å². The van der Waals surface area contributed by atoms with E-state index in [0.717, 1.165) is 6.07 Å². The molecule has 0 aliphatic heterocycles. The Morgan fingerprint density at radius 1 is 1.04 bits per heavy atom. The molecule has 8 heteroatoms. The van der Waals surface area contributed by atoms with Crippen LogP contribution in [0.2, 0.25) is 0 Å². The normalized spacial score (nSPS) is 10.5. The van der Waals surface area contributed by atoms with E-state index < -0.39 is 17.8 Å². The summed E-state index contributed by atoms with van der Waals surface area (Å²) < 4.78 is 38.7. The predicted octanol–water partition coefficient (Wildman–Crippen LogP) is 3.58. The maximum Gasteiger partial charge on any atom is 0.418 e. The predicted molar refractivity (Wildman–Crippen MR) is 99.8 cm³/mol. The van der Waals surface area contributed by atoms with Crippen LogP contribution in [0.1, 0.15) is 21.5 Å². The fourth-order valence-electron chi connectivity index (χ4n) is 2.23. The zero-order chi connectivity index (χ0) is 20.7. The zero-order valence-electron chi connectivity index (χ0n) is 15.2. The van der Waals surface area contributed by atoms with Crippen LogP contribution in [0.3, 0.4) is 0 Å². The van der Waals surface area contributed by atoms with Crippen LogP contribution >= 0.6 is 0 Å². The average Bonchev–Trinajstić information content (AvgIpc) is 2.64. The highest BCUT2D eigenvalue weighted by Crippen LogP contribution is 2.34.